The van der Waals surface area contributed by atoms with Gasteiger partial charge in [0.1, 0.15) is 11.6 Å². The lowest BCUT2D eigenvalue weighted by Gasteiger charge is -2.06. The van der Waals surface area contributed by atoms with Crippen LogP contribution >= 0.6 is 0 Å². The number of hydrogen-bond donors (Lipinski definition) is 1. The Balaban J connectivity index is 1.58. The van der Waals surface area contributed by atoms with Gasteiger partial charge in [0, 0.05) is 24.9 Å². The van der Waals surface area contributed by atoms with Gasteiger partial charge in [0.05, 0.1) is 0 Å². The first-order valence-corrected chi connectivity index (χ1v) is 8.34. The fourth-order valence-electron chi connectivity index (χ4n) is 2.43. The summed E-state index contributed by atoms with van der Waals surface area (Å²) in [7, 11) is 0. The number of amides is 1. The molecule has 1 amide bonds. The lowest BCUT2D eigenvalue weighted by atomic mass is 10.1. The van der Waals surface area contributed by atoms with Crippen LogP contribution in [0.5, 0.6) is 0 Å². The molecule has 0 saturated heterocycles. The monoisotopic (exact) mass is 345 g/mol. The van der Waals surface area contributed by atoms with Crippen molar-refractivity contribution >= 4 is 11.7 Å². The first-order chi connectivity index (χ1) is 12.0. The predicted molar refractivity (Wildman–Crippen MR) is 92.3 cm³/mol. The van der Waals surface area contributed by atoms with Crippen LogP contribution in [0.4, 0.5) is 8.78 Å². The largest absolute Gasteiger partial charge is 0.356 e. The average Bonchev–Trinajstić information content (AvgIpc) is 2.61. The molecule has 0 saturated carbocycles. The molecule has 25 heavy (non-hydrogen) atoms. The zero-order valence-electron chi connectivity index (χ0n) is 13.9. The molecular formula is C20H21F2NO2. The van der Waals surface area contributed by atoms with Gasteiger partial charge in [-0.1, -0.05) is 12.1 Å². The first kappa shape index (κ1) is 18.8. The van der Waals surface area contributed by atoms with E-state index in [4.69, 9.17) is 0 Å². The molecular weight excluding hydrogens is 324 g/mol. The molecule has 0 aromatic heterocycles. The number of aryl methyl sites for hydroxylation is 1. The molecule has 0 bridgehead atoms. The van der Waals surface area contributed by atoms with Crippen molar-refractivity contribution in [3.8, 4) is 0 Å². The number of Topliss-reactive ketones (excluding diaryl/α,β-unsaturated/α-hetero) is 1. The Hall–Kier alpha value is -2.56. The van der Waals surface area contributed by atoms with Gasteiger partial charge in [-0.05, 0) is 61.2 Å². The fraction of sp³-hybridized carbons (Fsp3) is 0.300. The lowest BCUT2D eigenvalue weighted by Crippen LogP contribution is -2.24. The van der Waals surface area contributed by atoms with Gasteiger partial charge in [-0.25, -0.2) is 8.78 Å². The standard InChI is InChI=1S/C20H21F2NO2/c21-17-8-4-15(5-9-17)3-1-2-14-23-20(25)13-12-19(24)16-6-10-18(22)11-7-16/h4-11H,1-3,12-14H2,(H,23,25). The Labute approximate surface area is 146 Å². The summed E-state index contributed by atoms with van der Waals surface area (Å²) in [6.07, 6.45) is 2.76. The molecule has 0 spiro atoms. The number of nitrogens with one attached hydrogen (secondary N) is 1. The number of ketones is 1. The molecule has 0 aliphatic rings. The smallest absolute Gasteiger partial charge is 0.220 e. The molecule has 0 radical (unpaired) electrons. The number of unbranched alkanes of at least 4 members (excludes halogenated alkanes) is 1. The number of benzene rings is 2. The molecule has 0 fully saturated rings. The van der Waals surface area contributed by atoms with E-state index in [2.05, 4.69) is 5.32 Å². The van der Waals surface area contributed by atoms with E-state index in [1.807, 2.05) is 0 Å². The molecule has 0 atom stereocenters. The summed E-state index contributed by atoms with van der Waals surface area (Å²) in [6, 6.07) is 11.7. The normalized spacial score (nSPS) is 10.5. The highest BCUT2D eigenvalue weighted by atomic mass is 19.1. The molecule has 132 valence electrons. The van der Waals surface area contributed by atoms with Crippen LogP contribution in [0.1, 0.15) is 41.6 Å². The van der Waals surface area contributed by atoms with Gasteiger partial charge in [-0.3, -0.25) is 9.59 Å². The molecule has 5 heteroatoms. The van der Waals surface area contributed by atoms with Gasteiger partial charge in [0.25, 0.3) is 0 Å². The van der Waals surface area contributed by atoms with E-state index in [1.54, 1.807) is 12.1 Å². The topological polar surface area (TPSA) is 46.2 Å². The van der Waals surface area contributed by atoms with E-state index >= 15 is 0 Å². The van der Waals surface area contributed by atoms with E-state index in [0.717, 1.165) is 24.8 Å². The second kappa shape index (κ2) is 9.67. The maximum atomic E-state index is 12.8. The van der Waals surface area contributed by atoms with Crippen molar-refractivity contribution in [1.82, 2.24) is 5.32 Å². The minimum atomic E-state index is -0.394. The summed E-state index contributed by atoms with van der Waals surface area (Å²) >= 11 is 0. The second-order valence-corrected chi connectivity index (χ2v) is 5.86. The molecule has 2 aromatic rings. The average molecular weight is 345 g/mol. The summed E-state index contributed by atoms with van der Waals surface area (Å²) in [5.41, 5.74) is 1.48. The van der Waals surface area contributed by atoms with Crippen molar-refractivity contribution < 1.29 is 18.4 Å². The van der Waals surface area contributed by atoms with Crippen LogP contribution in [0, 0.1) is 11.6 Å². The van der Waals surface area contributed by atoms with Crippen LogP contribution in [0.3, 0.4) is 0 Å². The van der Waals surface area contributed by atoms with Gasteiger partial charge >= 0.3 is 0 Å². The summed E-state index contributed by atoms with van der Waals surface area (Å²) in [5.74, 6) is -0.982. The Morgan fingerprint density at radius 1 is 0.800 bits per heavy atom. The van der Waals surface area contributed by atoms with Crippen LogP contribution in [-0.2, 0) is 11.2 Å². The minimum Gasteiger partial charge on any atom is -0.356 e. The summed E-state index contributed by atoms with van der Waals surface area (Å²) in [4.78, 5) is 23.6. The summed E-state index contributed by atoms with van der Waals surface area (Å²) < 4.78 is 25.6. The molecule has 0 aliphatic carbocycles. The molecule has 2 aromatic carbocycles. The second-order valence-electron chi connectivity index (χ2n) is 5.86. The van der Waals surface area contributed by atoms with Crippen molar-refractivity contribution in [2.45, 2.75) is 32.1 Å². The fourth-order valence-corrected chi connectivity index (χ4v) is 2.43. The molecule has 0 aliphatic heterocycles. The number of carbonyl (C=O) groups excluding carboxylic acids is 2. The van der Waals surface area contributed by atoms with Crippen molar-refractivity contribution in [3.05, 3.63) is 71.3 Å². The number of halogens is 2. The predicted octanol–water partition coefficient (Wildman–Crippen LogP) is 4.07. The van der Waals surface area contributed by atoms with Crippen molar-refractivity contribution in [2.24, 2.45) is 0 Å². The zero-order valence-corrected chi connectivity index (χ0v) is 13.9. The van der Waals surface area contributed by atoms with E-state index in [9.17, 15) is 18.4 Å². The van der Waals surface area contributed by atoms with Crippen LogP contribution in [-0.4, -0.2) is 18.2 Å². The zero-order chi connectivity index (χ0) is 18.1. The van der Waals surface area contributed by atoms with Crippen LogP contribution < -0.4 is 5.32 Å². The molecule has 2 rings (SSSR count). The maximum Gasteiger partial charge on any atom is 0.220 e. The number of rotatable bonds is 9. The Morgan fingerprint density at radius 3 is 2.04 bits per heavy atom. The molecule has 3 nitrogen and oxygen atoms in total. The van der Waals surface area contributed by atoms with Crippen molar-refractivity contribution in [3.63, 3.8) is 0 Å². The first-order valence-electron chi connectivity index (χ1n) is 8.34. The third-order valence-electron chi connectivity index (χ3n) is 3.87. The van der Waals surface area contributed by atoms with Gasteiger partial charge < -0.3 is 5.32 Å². The quantitative estimate of drug-likeness (QED) is 0.550. The van der Waals surface area contributed by atoms with Gasteiger partial charge in [0.2, 0.25) is 5.91 Å². The molecule has 1 N–H and O–H groups in total. The third-order valence-corrected chi connectivity index (χ3v) is 3.87. The molecule has 0 heterocycles. The highest BCUT2D eigenvalue weighted by Gasteiger charge is 2.09. The minimum absolute atomic E-state index is 0.104. The number of hydrogen-bond acceptors (Lipinski definition) is 2. The Kier molecular flexibility index (Phi) is 7.26. The van der Waals surface area contributed by atoms with Crippen LogP contribution in [0.2, 0.25) is 0 Å². The van der Waals surface area contributed by atoms with Crippen molar-refractivity contribution in [1.29, 1.82) is 0 Å². The number of carbonyl (C=O) groups is 2. The SMILES string of the molecule is O=C(CCC(=O)c1ccc(F)cc1)NCCCCc1ccc(F)cc1. The van der Waals surface area contributed by atoms with Gasteiger partial charge in [-0.15, -0.1) is 0 Å². The van der Waals surface area contributed by atoms with Gasteiger partial charge in [0.15, 0.2) is 5.78 Å². The highest BCUT2D eigenvalue weighted by Crippen LogP contribution is 2.08. The van der Waals surface area contributed by atoms with E-state index in [-0.39, 0.29) is 30.3 Å². The van der Waals surface area contributed by atoms with Crippen molar-refractivity contribution in [2.75, 3.05) is 6.54 Å². The van der Waals surface area contributed by atoms with Gasteiger partial charge in [-0.2, -0.15) is 0 Å². The summed E-state index contributed by atoms with van der Waals surface area (Å²) in [6.45, 7) is 0.546. The lowest BCUT2D eigenvalue weighted by molar-refractivity contribution is -0.121. The Bertz CT molecular complexity index is 697. The van der Waals surface area contributed by atoms with E-state index in [0.29, 0.717) is 12.1 Å². The maximum absolute atomic E-state index is 12.8. The van der Waals surface area contributed by atoms with E-state index < -0.39 is 5.82 Å². The van der Waals surface area contributed by atoms with Crippen LogP contribution in [0.15, 0.2) is 48.5 Å². The Morgan fingerprint density at radius 2 is 1.40 bits per heavy atom. The van der Waals surface area contributed by atoms with Crippen LogP contribution in [0.25, 0.3) is 0 Å². The molecule has 0 unspecified atom stereocenters. The third kappa shape index (κ3) is 6.83. The highest BCUT2D eigenvalue weighted by molar-refractivity contribution is 5.97. The summed E-state index contributed by atoms with van der Waals surface area (Å²) in [5, 5.41) is 2.78. The van der Waals surface area contributed by atoms with E-state index in [1.165, 1.54) is 36.4 Å².